The van der Waals surface area contributed by atoms with Crippen molar-refractivity contribution in [2.24, 2.45) is 0 Å². The molecule has 0 aliphatic carbocycles. The SMILES string of the molecule is COCCn1c(N)c(NCC(C)OC)c(=O)[nH]c1=O. The largest absolute Gasteiger partial charge is 0.383 e. The number of methoxy groups -OCH3 is 2. The molecule has 8 nitrogen and oxygen atoms in total. The van der Waals surface area contributed by atoms with Gasteiger partial charge in [0, 0.05) is 20.8 Å². The average Bonchev–Trinajstić information content (AvgIpc) is 2.37. The highest BCUT2D eigenvalue weighted by atomic mass is 16.5. The Kier molecular flexibility index (Phi) is 5.58. The molecule has 0 aliphatic heterocycles. The Bertz CT molecular complexity index is 522. The predicted octanol–water partition coefficient (Wildman–Crippen LogP) is -0.788. The maximum Gasteiger partial charge on any atom is 0.330 e. The summed E-state index contributed by atoms with van der Waals surface area (Å²) in [4.78, 5) is 25.5. The number of rotatable bonds is 7. The lowest BCUT2D eigenvalue weighted by Crippen LogP contribution is -2.35. The predicted molar refractivity (Wildman–Crippen MR) is 72.6 cm³/mol. The molecule has 0 fully saturated rings. The Hall–Kier alpha value is -1.80. The van der Waals surface area contributed by atoms with Crippen molar-refractivity contribution in [1.82, 2.24) is 9.55 Å². The summed E-state index contributed by atoms with van der Waals surface area (Å²) in [6, 6.07) is 0. The number of aromatic amines is 1. The van der Waals surface area contributed by atoms with Crippen LogP contribution in [0.1, 0.15) is 6.92 Å². The highest BCUT2D eigenvalue weighted by molar-refractivity contribution is 5.60. The number of nitrogens with zero attached hydrogens (tertiary/aromatic N) is 1. The average molecular weight is 272 g/mol. The van der Waals surface area contributed by atoms with Gasteiger partial charge in [0.05, 0.1) is 19.3 Å². The third-order valence-corrected chi connectivity index (χ3v) is 2.73. The van der Waals surface area contributed by atoms with Crippen molar-refractivity contribution >= 4 is 11.5 Å². The van der Waals surface area contributed by atoms with E-state index in [9.17, 15) is 9.59 Å². The highest BCUT2D eigenvalue weighted by Crippen LogP contribution is 2.09. The van der Waals surface area contributed by atoms with Crippen LogP contribution in [0.5, 0.6) is 0 Å². The van der Waals surface area contributed by atoms with Gasteiger partial charge in [-0.3, -0.25) is 14.3 Å². The molecule has 0 amide bonds. The van der Waals surface area contributed by atoms with Gasteiger partial charge in [0.1, 0.15) is 11.5 Å². The van der Waals surface area contributed by atoms with Gasteiger partial charge in [0.2, 0.25) is 0 Å². The molecule has 4 N–H and O–H groups in total. The molecular formula is C11H20N4O4. The van der Waals surface area contributed by atoms with E-state index in [0.29, 0.717) is 13.2 Å². The summed E-state index contributed by atoms with van der Waals surface area (Å²) < 4.78 is 11.2. The molecule has 108 valence electrons. The minimum atomic E-state index is -0.551. The summed E-state index contributed by atoms with van der Waals surface area (Å²) in [7, 11) is 3.09. The Balaban J connectivity index is 3.03. The third-order valence-electron chi connectivity index (χ3n) is 2.73. The van der Waals surface area contributed by atoms with Crippen LogP contribution in [-0.4, -0.2) is 43.0 Å². The normalized spacial score (nSPS) is 12.4. The number of hydrogen-bond acceptors (Lipinski definition) is 6. The lowest BCUT2D eigenvalue weighted by Gasteiger charge is -2.15. The van der Waals surface area contributed by atoms with E-state index >= 15 is 0 Å². The molecule has 0 saturated heterocycles. The zero-order chi connectivity index (χ0) is 14.4. The van der Waals surface area contributed by atoms with E-state index in [2.05, 4.69) is 10.3 Å². The van der Waals surface area contributed by atoms with Gasteiger partial charge in [0.15, 0.2) is 0 Å². The van der Waals surface area contributed by atoms with Crippen LogP contribution in [0.2, 0.25) is 0 Å². The number of H-pyrrole nitrogens is 1. The molecule has 1 rings (SSSR count). The molecule has 0 aliphatic rings. The van der Waals surface area contributed by atoms with E-state index < -0.39 is 11.2 Å². The fourth-order valence-electron chi connectivity index (χ4n) is 1.49. The van der Waals surface area contributed by atoms with Crippen LogP contribution in [0.25, 0.3) is 0 Å². The monoisotopic (exact) mass is 272 g/mol. The van der Waals surface area contributed by atoms with Crippen LogP contribution in [0.3, 0.4) is 0 Å². The van der Waals surface area contributed by atoms with Gasteiger partial charge in [-0.05, 0) is 6.92 Å². The summed E-state index contributed by atoms with van der Waals surface area (Å²) in [5.74, 6) is 0.0918. The first-order chi connectivity index (χ1) is 9.01. The van der Waals surface area contributed by atoms with E-state index in [4.69, 9.17) is 15.2 Å². The maximum absolute atomic E-state index is 11.7. The Morgan fingerprint density at radius 2 is 2.11 bits per heavy atom. The van der Waals surface area contributed by atoms with Gasteiger partial charge < -0.3 is 20.5 Å². The van der Waals surface area contributed by atoms with Crippen LogP contribution in [0.4, 0.5) is 11.5 Å². The minimum Gasteiger partial charge on any atom is -0.383 e. The van der Waals surface area contributed by atoms with E-state index in [0.717, 1.165) is 0 Å². The Labute approximate surface area is 110 Å². The summed E-state index contributed by atoms with van der Waals surface area (Å²) in [5.41, 5.74) is 4.91. The molecule has 0 aromatic carbocycles. The van der Waals surface area contributed by atoms with E-state index in [-0.39, 0.29) is 24.2 Å². The Morgan fingerprint density at radius 1 is 1.42 bits per heavy atom. The molecule has 0 bridgehead atoms. The summed E-state index contributed by atoms with van der Waals surface area (Å²) >= 11 is 0. The van der Waals surface area contributed by atoms with Gasteiger partial charge in [-0.15, -0.1) is 0 Å². The third kappa shape index (κ3) is 3.83. The van der Waals surface area contributed by atoms with Crippen LogP contribution >= 0.6 is 0 Å². The molecule has 1 unspecified atom stereocenters. The zero-order valence-corrected chi connectivity index (χ0v) is 11.4. The lowest BCUT2D eigenvalue weighted by atomic mass is 10.3. The van der Waals surface area contributed by atoms with Crippen molar-refractivity contribution in [3.63, 3.8) is 0 Å². The van der Waals surface area contributed by atoms with Crippen molar-refractivity contribution in [1.29, 1.82) is 0 Å². The molecule has 19 heavy (non-hydrogen) atoms. The smallest absolute Gasteiger partial charge is 0.330 e. The second-order valence-electron chi connectivity index (χ2n) is 4.09. The maximum atomic E-state index is 11.7. The summed E-state index contributed by atoms with van der Waals surface area (Å²) in [6.07, 6.45) is -0.0850. The van der Waals surface area contributed by atoms with E-state index in [1.54, 1.807) is 7.11 Å². The molecular weight excluding hydrogens is 252 g/mol. The number of nitrogen functional groups attached to an aromatic ring is 1. The van der Waals surface area contributed by atoms with Crippen molar-refractivity contribution in [2.45, 2.75) is 19.6 Å². The van der Waals surface area contributed by atoms with Gasteiger partial charge in [0.25, 0.3) is 5.56 Å². The summed E-state index contributed by atoms with van der Waals surface area (Å²) in [5, 5.41) is 2.88. The molecule has 1 heterocycles. The van der Waals surface area contributed by atoms with E-state index in [1.165, 1.54) is 11.7 Å². The number of nitrogens with two attached hydrogens (primary N) is 1. The molecule has 1 atom stereocenters. The van der Waals surface area contributed by atoms with Crippen LogP contribution in [0, 0.1) is 0 Å². The standard InChI is InChI=1S/C11H20N4O4/c1-7(19-3)6-13-8-9(12)15(4-5-18-2)11(17)14-10(8)16/h7,13H,4-6,12H2,1-3H3,(H,14,16,17). The first kappa shape index (κ1) is 15.3. The molecule has 0 saturated carbocycles. The van der Waals surface area contributed by atoms with Crippen molar-refractivity contribution in [2.75, 3.05) is 38.4 Å². The molecule has 1 aromatic rings. The lowest BCUT2D eigenvalue weighted by molar-refractivity contribution is 0.129. The van der Waals surface area contributed by atoms with Gasteiger partial charge in [-0.1, -0.05) is 0 Å². The first-order valence-corrected chi connectivity index (χ1v) is 5.89. The fourth-order valence-corrected chi connectivity index (χ4v) is 1.49. The number of ether oxygens (including phenoxy) is 2. The second kappa shape index (κ2) is 6.95. The highest BCUT2D eigenvalue weighted by Gasteiger charge is 2.12. The topological polar surface area (TPSA) is 111 Å². The Morgan fingerprint density at radius 3 is 2.68 bits per heavy atom. The number of aromatic nitrogens is 2. The zero-order valence-electron chi connectivity index (χ0n) is 11.4. The fraction of sp³-hybridized carbons (Fsp3) is 0.636. The van der Waals surface area contributed by atoms with Gasteiger partial charge in [-0.25, -0.2) is 4.79 Å². The van der Waals surface area contributed by atoms with E-state index in [1.807, 2.05) is 6.92 Å². The van der Waals surface area contributed by atoms with Crippen LogP contribution < -0.4 is 22.3 Å². The number of hydrogen-bond donors (Lipinski definition) is 3. The van der Waals surface area contributed by atoms with Crippen molar-refractivity contribution in [3.05, 3.63) is 20.8 Å². The molecule has 0 spiro atoms. The van der Waals surface area contributed by atoms with Crippen molar-refractivity contribution < 1.29 is 9.47 Å². The van der Waals surface area contributed by atoms with Crippen LogP contribution in [-0.2, 0) is 16.0 Å². The van der Waals surface area contributed by atoms with Gasteiger partial charge in [-0.2, -0.15) is 0 Å². The first-order valence-electron chi connectivity index (χ1n) is 5.89. The second-order valence-corrected chi connectivity index (χ2v) is 4.09. The number of nitrogens with one attached hydrogen (secondary N) is 2. The minimum absolute atomic E-state index is 0.0850. The summed E-state index contributed by atoms with van der Waals surface area (Å²) in [6.45, 7) is 2.85. The van der Waals surface area contributed by atoms with Crippen molar-refractivity contribution in [3.8, 4) is 0 Å². The molecule has 0 radical (unpaired) electrons. The quantitative estimate of drug-likeness (QED) is 0.600. The van der Waals surface area contributed by atoms with Crippen LogP contribution in [0.15, 0.2) is 9.59 Å². The number of anilines is 2. The van der Waals surface area contributed by atoms with Gasteiger partial charge >= 0.3 is 5.69 Å². The molecule has 8 heteroatoms. The molecule has 1 aromatic heterocycles.